The summed E-state index contributed by atoms with van der Waals surface area (Å²) < 4.78 is 11.3. The Labute approximate surface area is 570 Å². The van der Waals surface area contributed by atoms with Crippen molar-refractivity contribution in [2.45, 2.75) is 339 Å². The summed E-state index contributed by atoms with van der Waals surface area (Å²) >= 11 is 0. The van der Waals surface area contributed by atoms with Gasteiger partial charge in [0.15, 0.2) is 6.29 Å². The molecule has 1 heterocycles. The second-order valence-corrected chi connectivity index (χ2v) is 25.3. The lowest BCUT2D eigenvalue weighted by Gasteiger charge is -2.40. The van der Waals surface area contributed by atoms with E-state index >= 15 is 0 Å². The van der Waals surface area contributed by atoms with Gasteiger partial charge in [0.2, 0.25) is 5.91 Å². The van der Waals surface area contributed by atoms with Crippen molar-refractivity contribution < 1.29 is 39.8 Å². The van der Waals surface area contributed by atoms with E-state index in [1.807, 2.05) is 6.08 Å². The van der Waals surface area contributed by atoms with Gasteiger partial charge in [0.1, 0.15) is 24.4 Å². The van der Waals surface area contributed by atoms with E-state index in [1.54, 1.807) is 6.08 Å². The molecule has 0 aliphatic carbocycles. The van der Waals surface area contributed by atoms with Crippen molar-refractivity contribution in [1.29, 1.82) is 0 Å². The standard InChI is InChI=1S/C84H139NO8/c1-3-5-7-9-11-13-15-17-19-21-23-25-27-29-31-33-35-36-37-38-39-40-41-42-44-46-48-50-52-54-56-58-60-62-64-66-68-70-72-74-80(88)85-77(76-92-84-83(91)82(90)81(89)79(75-86)93-84)78(87)73-71-69-67-65-63-61-59-57-55-53-51-49-47-45-43-34-32-30-28-26-24-22-20-18-16-14-12-10-8-6-4-2/h5,7,11,13,17,19,23,25,29,31,35-36,38-39,41-42,46,48,52,54-55,57-58,60,63,65,71,73,77-79,81-84,86-87,89-91H,3-4,6,8-10,12,14-16,18,20-22,24,26-28,30,32-34,37,40,43-45,47,49-51,53,56,59,61-62,64,66-70,72,74-76H2,1-2H3,(H,85,88)/b7-5-,13-11-,19-17-,25-23-,31-29-,36-35-,39-38-,42-41-,48-46-,54-52-,57-55+,60-58-,65-63+,73-71+. The highest BCUT2D eigenvalue weighted by Gasteiger charge is 2.44. The van der Waals surface area contributed by atoms with E-state index in [1.165, 1.54) is 135 Å². The monoisotopic (exact) mass is 1290 g/mol. The number of ether oxygens (including phenoxy) is 2. The molecule has 9 heteroatoms. The van der Waals surface area contributed by atoms with Crippen molar-refractivity contribution in [2.75, 3.05) is 13.2 Å². The zero-order chi connectivity index (χ0) is 67.1. The molecule has 1 rings (SSSR count). The van der Waals surface area contributed by atoms with Gasteiger partial charge in [0, 0.05) is 6.42 Å². The van der Waals surface area contributed by atoms with Crippen molar-refractivity contribution in [3.8, 4) is 0 Å². The molecule has 6 N–H and O–H groups in total. The number of amides is 1. The van der Waals surface area contributed by atoms with Crippen LogP contribution in [0.3, 0.4) is 0 Å². The van der Waals surface area contributed by atoms with Gasteiger partial charge in [0.05, 0.1) is 25.4 Å². The summed E-state index contributed by atoms with van der Waals surface area (Å²) in [6.07, 6.45) is 105. The Balaban J connectivity index is 2.20. The van der Waals surface area contributed by atoms with E-state index in [4.69, 9.17) is 9.47 Å². The van der Waals surface area contributed by atoms with Crippen LogP contribution in [-0.2, 0) is 14.3 Å². The molecule has 1 saturated heterocycles. The molecule has 7 atom stereocenters. The molecule has 1 amide bonds. The van der Waals surface area contributed by atoms with E-state index < -0.39 is 49.5 Å². The van der Waals surface area contributed by atoms with Crippen molar-refractivity contribution in [2.24, 2.45) is 0 Å². The fourth-order valence-corrected chi connectivity index (χ4v) is 10.9. The highest BCUT2D eigenvalue weighted by Crippen LogP contribution is 2.23. The first-order valence-electron chi connectivity index (χ1n) is 37.9. The van der Waals surface area contributed by atoms with Crippen LogP contribution in [0, 0.1) is 0 Å². The summed E-state index contributed by atoms with van der Waals surface area (Å²) in [6, 6.07) is -0.854. The SMILES string of the molecule is CC/C=C\C/C=C\C/C=C\C/C=C\C/C=C\C/C=C\C/C=C\C/C=C\C/C=C\C/C=C\C/C=C\CCCCCCCC(=O)NC(COC1OC(CO)C(O)C(O)C1O)C(O)/C=C/CC/C=C/CC/C=C/CCCCCCCCCCCCCCCCCCCCCCC. The van der Waals surface area contributed by atoms with Crippen LogP contribution < -0.4 is 5.32 Å². The third-order valence-corrected chi connectivity index (χ3v) is 16.8. The van der Waals surface area contributed by atoms with Crippen LogP contribution >= 0.6 is 0 Å². The molecule has 0 spiro atoms. The van der Waals surface area contributed by atoms with Gasteiger partial charge >= 0.3 is 0 Å². The first kappa shape index (κ1) is 86.6. The molecule has 93 heavy (non-hydrogen) atoms. The summed E-state index contributed by atoms with van der Waals surface area (Å²) in [5.74, 6) is -0.214. The maximum Gasteiger partial charge on any atom is 0.220 e. The molecule has 0 radical (unpaired) electrons. The average molecular weight is 1290 g/mol. The van der Waals surface area contributed by atoms with Crippen LogP contribution in [0.4, 0.5) is 0 Å². The van der Waals surface area contributed by atoms with Crippen LogP contribution in [0.5, 0.6) is 0 Å². The number of aliphatic hydroxyl groups is 5. The molecule has 7 unspecified atom stereocenters. The fraction of sp³-hybridized carbons (Fsp3) is 0.655. The van der Waals surface area contributed by atoms with Gasteiger partial charge in [-0.3, -0.25) is 4.79 Å². The quantitative estimate of drug-likeness (QED) is 0.0261. The molecule has 0 aromatic heterocycles. The zero-order valence-corrected chi connectivity index (χ0v) is 59.2. The lowest BCUT2D eigenvalue weighted by molar-refractivity contribution is -0.302. The number of allylic oxidation sites excluding steroid dienone is 27. The predicted octanol–water partition coefficient (Wildman–Crippen LogP) is 21.6. The molecule has 0 aromatic rings. The van der Waals surface area contributed by atoms with Gasteiger partial charge in [-0.1, -0.05) is 332 Å². The van der Waals surface area contributed by atoms with Gasteiger partial charge in [0.25, 0.3) is 0 Å². The summed E-state index contributed by atoms with van der Waals surface area (Å²) in [7, 11) is 0. The second kappa shape index (κ2) is 70.4. The highest BCUT2D eigenvalue weighted by atomic mass is 16.7. The normalized spacial score (nSPS) is 18.6. The summed E-state index contributed by atoms with van der Waals surface area (Å²) in [5, 5.41) is 54.8. The van der Waals surface area contributed by atoms with E-state index in [0.717, 1.165) is 135 Å². The molecule has 0 bridgehead atoms. The number of carbonyl (C=O) groups excluding carboxylic acids is 1. The molecule has 0 aromatic carbocycles. The number of rotatable bonds is 64. The Morgan fingerprint density at radius 2 is 0.677 bits per heavy atom. The first-order valence-corrected chi connectivity index (χ1v) is 37.9. The Kier molecular flexibility index (Phi) is 65.5. The third-order valence-electron chi connectivity index (χ3n) is 16.8. The van der Waals surface area contributed by atoms with Crippen molar-refractivity contribution in [1.82, 2.24) is 5.32 Å². The van der Waals surface area contributed by atoms with E-state index in [9.17, 15) is 30.3 Å². The van der Waals surface area contributed by atoms with Gasteiger partial charge in [-0.05, 0) is 128 Å². The minimum Gasteiger partial charge on any atom is -0.394 e. The van der Waals surface area contributed by atoms with Gasteiger partial charge in [-0.15, -0.1) is 0 Å². The smallest absolute Gasteiger partial charge is 0.220 e. The summed E-state index contributed by atoms with van der Waals surface area (Å²) in [4.78, 5) is 13.1. The molecule has 0 saturated carbocycles. The number of carbonyl (C=O) groups is 1. The Bertz CT molecular complexity index is 2080. The molecule has 1 aliphatic rings. The van der Waals surface area contributed by atoms with Crippen molar-refractivity contribution in [3.05, 3.63) is 170 Å². The maximum absolute atomic E-state index is 13.1. The zero-order valence-electron chi connectivity index (χ0n) is 59.2. The summed E-state index contributed by atoms with van der Waals surface area (Å²) in [6.45, 7) is 3.65. The van der Waals surface area contributed by atoms with E-state index in [-0.39, 0.29) is 12.5 Å². The third kappa shape index (κ3) is 58.6. The van der Waals surface area contributed by atoms with Crippen LogP contribution in [0.15, 0.2) is 170 Å². The molecule has 1 aliphatic heterocycles. The molecule has 528 valence electrons. The van der Waals surface area contributed by atoms with Crippen LogP contribution in [0.2, 0.25) is 0 Å². The highest BCUT2D eigenvalue weighted by molar-refractivity contribution is 5.76. The fourth-order valence-electron chi connectivity index (χ4n) is 10.9. The van der Waals surface area contributed by atoms with Crippen LogP contribution in [0.25, 0.3) is 0 Å². The molecular weight excluding hydrogens is 1150 g/mol. The average Bonchev–Trinajstić information content (AvgIpc) is 1.02. The van der Waals surface area contributed by atoms with Gasteiger partial charge < -0.3 is 40.3 Å². The maximum atomic E-state index is 13.1. The number of aliphatic hydroxyl groups excluding tert-OH is 5. The number of hydrogen-bond donors (Lipinski definition) is 6. The topological polar surface area (TPSA) is 149 Å². The minimum atomic E-state index is -1.59. The van der Waals surface area contributed by atoms with Crippen molar-refractivity contribution in [3.63, 3.8) is 0 Å². The molecular formula is C84H139NO8. The second-order valence-electron chi connectivity index (χ2n) is 25.3. The van der Waals surface area contributed by atoms with Gasteiger partial charge in [-0.25, -0.2) is 0 Å². The lowest BCUT2D eigenvalue weighted by Crippen LogP contribution is -2.60. The van der Waals surface area contributed by atoms with Crippen molar-refractivity contribution >= 4 is 5.91 Å². The molecule has 1 fully saturated rings. The minimum absolute atomic E-state index is 0.214. The molecule has 9 nitrogen and oxygen atoms in total. The van der Waals surface area contributed by atoms with Crippen LogP contribution in [-0.4, -0.2) is 87.5 Å². The Hall–Kier alpha value is -4.45. The van der Waals surface area contributed by atoms with Gasteiger partial charge in [-0.2, -0.15) is 0 Å². The van der Waals surface area contributed by atoms with E-state index in [2.05, 4.69) is 177 Å². The van der Waals surface area contributed by atoms with Crippen LogP contribution in [0.1, 0.15) is 296 Å². The first-order chi connectivity index (χ1) is 45.8. The summed E-state index contributed by atoms with van der Waals surface area (Å²) in [5.41, 5.74) is 0. The predicted molar refractivity (Wildman–Crippen MR) is 400 cm³/mol. The number of nitrogens with one attached hydrogen (secondary N) is 1. The Morgan fingerprint density at radius 3 is 1.03 bits per heavy atom. The van der Waals surface area contributed by atoms with E-state index in [0.29, 0.717) is 12.8 Å². The largest absolute Gasteiger partial charge is 0.394 e. The number of unbranched alkanes of at least 4 members (excludes halogenated alkanes) is 28. The Morgan fingerprint density at radius 1 is 0.376 bits per heavy atom. The number of hydrogen-bond acceptors (Lipinski definition) is 8. The lowest BCUT2D eigenvalue weighted by atomic mass is 9.99.